The van der Waals surface area contributed by atoms with Crippen LogP contribution in [-0.4, -0.2) is 51.3 Å². The molecule has 0 aliphatic carbocycles. The van der Waals surface area contributed by atoms with Crippen molar-refractivity contribution < 1.29 is 19.8 Å². The monoisotopic (exact) mass is 285 g/mol. The van der Waals surface area contributed by atoms with Crippen LogP contribution in [0.25, 0.3) is 0 Å². The van der Waals surface area contributed by atoms with Gasteiger partial charge < -0.3 is 20.4 Å². The normalized spacial score (nSPS) is 20.3. The van der Waals surface area contributed by atoms with Gasteiger partial charge in [0, 0.05) is 18.5 Å². The molecule has 7 nitrogen and oxygen atoms in total. The summed E-state index contributed by atoms with van der Waals surface area (Å²) in [6, 6.07) is -0.625. The fraction of sp³-hybridized carbons (Fsp3) is 0.545. The summed E-state index contributed by atoms with van der Waals surface area (Å²) < 4.78 is 0. The van der Waals surface area contributed by atoms with E-state index in [9.17, 15) is 14.7 Å². The smallest absolute Gasteiger partial charge is 0.355 e. The third-order valence-electron chi connectivity index (χ3n) is 2.90. The quantitative estimate of drug-likeness (QED) is 0.757. The number of carboxylic acid groups (broad SMARTS) is 1. The molecular weight excluding hydrogens is 270 g/mol. The van der Waals surface area contributed by atoms with Crippen molar-refractivity contribution in [2.24, 2.45) is 0 Å². The molecule has 1 aromatic heterocycles. The number of hydrogen-bond donors (Lipinski definition) is 3. The third-order valence-corrected chi connectivity index (χ3v) is 3.93. The maximum absolute atomic E-state index is 11.9. The van der Waals surface area contributed by atoms with Crippen molar-refractivity contribution >= 4 is 23.3 Å². The zero-order valence-corrected chi connectivity index (χ0v) is 11.2. The summed E-state index contributed by atoms with van der Waals surface area (Å²) in [6.07, 6.45) is 0.127. The first-order valence-corrected chi connectivity index (χ1v) is 6.77. The van der Waals surface area contributed by atoms with Crippen molar-refractivity contribution in [1.29, 1.82) is 0 Å². The SMILES string of the molecule is CC(NC(=O)N1CCC(O)C1)c1nc(C(=O)O)cs1. The Bertz CT molecular complexity index is 490. The lowest BCUT2D eigenvalue weighted by atomic mass is 10.3. The van der Waals surface area contributed by atoms with Gasteiger partial charge in [-0.25, -0.2) is 14.6 Å². The molecule has 2 heterocycles. The molecule has 2 rings (SSSR count). The third kappa shape index (κ3) is 3.21. The minimum absolute atomic E-state index is 0.0160. The molecule has 104 valence electrons. The molecule has 1 saturated heterocycles. The van der Waals surface area contributed by atoms with Crippen molar-refractivity contribution in [2.45, 2.75) is 25.5 Å². The van der Waals surface area contributed by atoms with E-state index in [2.05, 4.69) is 10.3 Å². The van der Waals surface area contributed by atoms with Crippen LogP contribution in [0.3, 0.4) is 0 Å². The van der Waals surface area contributed by atoms with Crippen LogP contribution in [0.1, 0.15) is 34.9 Å². The van der Waals surface area contributed by atoms with Crippen LogP contribution < -0.4 is 5.32 Å². The van der Waals surface area contributed by atoms with E-state index >= 15 is 0 Å². The van der Waals surface area contributed by atoms with Gasteiger partial charge in [-0.2, -0.15) is 0 Å². The van der Waals surface area contributed by atoms with Crippen LogP contribution >= 0.6 is 11.3 Å². The number of aromatic nitrogens is 1. The maximum atomic E-state index is 11.9. The van der Waals surface area contributed by atoms with E-state index in [1.54, 1.807) is 6.92 Å². The number of carbonyl (C=O) groups is 2. The van der Waals surface area contributed by atoms with Gasteiger partial charge in [0.2, 0.25) is 0 Å². The van der Waals surface area contributed by atoms with Crippen LogP contribution in [0, 0.1) is 0 Å². The molecule has 2 unspecified atom stereocenters. The number of aromatic carboxylic acids is 1. The lowest BCUT2D eigenvalue weighted by molar-refractivity contribution is 0.0691. The predicted octanol–water partition coefficient (Wildman–Crippen LogP) is 0.679. The summed E-state index contributed by atoms with van der Waals surface area (Å²) in [5.41, 5.74) is -0.0160. The number of nitrogens with zero attached hydrogens (tertiary/aromatic N) is 2. The van der Waals surface area contributed by atoms with Gasteiger partial charge in [-0.3, -0.25) is 0 Å². The van der Waals surface area contributed by atoms with E-state index in [0.717, 1.165) is 0 Å². The average Bonchev–Trinajstić information content (AvgIpc) is 2.96. The molecule has 0 saturated carbocycles. The molecule has 2 atom stereocenters. The molecule has 1 fully saturated rings. The second-order valence-electron chi connectivity index (χ2n) is 4.44. The predicted molar refractivity (Wildman–Crippen MR) is 68.2 cm³/mol. The Morgan fingerprint density at radius 2 is 2.37 bits per heavy atom. The Morgan fingerprint density at radius 3 is 2.89 bits per heavy atom. The van der Waals surface area contributed by atoms with Crippen LogP contribution in [0.4, 0.5) is 4.79 Å². The first kappa shape index (κ1) is 13.8. The van der Waals surface area contributed by atoms with Crippen molar-refractivity contribution in [2.75, 3.05) is 13.1 Å². The molecule has 1 aliphatic rings. The first-order chi connectivity index (χ1) is 8.97. The van der Waals surface area contributed by atoms with Crippen molar-refractivity contribution in [3.63, 3.8) is 0 Å². The van der Waals surface area contributed by atoms with Crippen LogP contribution in [-0.2, 0) is 0 Å². The van der Waals surface area contributed by atoms with Crippen LogP contribution in [0.2, 0.25) is 0 Å². The van der Waals surface area contributed by atoms with E-state index < -0.39 is 12.1 Å². The van der Waals surface area contributed by atoms with E-state index in [-0.39, 0.29) is 17.8 Å². The molecule has 8 heteroatoms. The van der Waals surface area contributed by atoms with Gasteiger partial charge in [0.05, 0.1) is 12.1 Å². The second-order valence-corrected chi connectivity index (χ2v) is 5.33. The zero-order valence-electron chi connectivity index (χ0n) is 10.4. The van der Waals surface area contributed by atoms with Gasteiger partial charge in [-0.15, -0.1) is 11.3 Å². The summed E-state index contributed by atoms with van der Waals surface area (Å²) in [4.78, 5) is 28.1. The Hall–Kier alpha value is -1.67. The molecule has 0 aromatic carbocycles. The van der Waals surface area contributed by atoms with Gasteiger partial charge in [-0.05, 0) is 13.3 Å². The van der Waals surface area contributed by atoms with E-state index in [1.165, 1.54) is 21.6 Å². The average molecular weight is 285 g/mol. The number of nitrogens with one attached hydrogen (secondary N) is 1. The van der Waals surface area contributed by atoms with Gasteiger partial charge in [0.15, 0.2) is 5.69 Å². The maximum Gasteiger partial charge on any atom is 0.355 e. The van der Waals surface area contributed by atoms with Crippen molar-refractivity contribution in [3.05, 3.63) is 16.1 Å². The Balaban J connectivity index is 1.94. The molecule has 1 aromatic rings. The second kappa shape index (κ2) is 5.54. The highest BCUT2D eigenvalue weighted by Gasteiger charge is 2.26. The minimum Gasteiger partial charge on any atom is -0.476 e. The number of rotatable bonds is 3. The Kier molecular flexibility index (Phi) is 4.01. The number of carboxylic acids is 1. The summed E-state index contributed by atoms with van der Waals surface area (Å²) in [7, 11) is 0. The molecule has 0 bridgehead atoms. The Morgan fingerprint density at radius 1 is 1.63 bits per heavy atom. The minimum atomic E-state index is -1.08. The zero-order chi connectivity index (χ0) is 14.0. The largest absolute Gasteiger partial charge is 0.476 e. The highest BCUT2D eigenvalue weighted by Crippen LogP contribution is 2.19. The molecule has 19 heavy (non-hydrogen) atoms. The van der Waals surface area contributed by atoms with Gasteiger partial charge in [-0.1, -0.05) is 0 Å². The van der Waals surface area contributed by atoms with Gasteiger partial charge in [0.1, 0.15) is 5.01 Å². The number of hydrogen-bond acceptors (Lipinski definition) is 5. The van der Waals surface area contributed by atoms with Crippen LogP contribution in [0.5, 0.6) is 0 Å². The number of aliphatic hydroxyl groups is 1. The van der Waals surface area contributed by atoms with Crippen molar-refractivity contribution in [3.8, 4) is 0 Å². The molecule has 1 aliphatic heterocycles. The fourth-order valence-corrected chi connectivity index (χ4v) is 2.65. The van der Waals surface area contributed by atoms with Gasteiger partial charge >= 0.3 is 12.0 Å². The first-order valence-electron chi connectivity index (χ1n) is 5.89. The number of aliphatic hydroxyl groups excluding tert-OH is 1. The number of β-amino-alcohol motifs (C(OH)–C–C–N with tert-alkyl or cyclic N) is 1. The molecule has 3 N–H and O–H groups in total. The fourth-order valence-electron chi connectivity index (χ4n) is 1.85. The van der Waals surface area contributed by atoms with E-state index in [4.69, 9.17) is 5.11 Å². The summed E-state index contributed by atoms with van der Waals surface area (Å²) >= 11 is 1.20. The van der Waals surface area contributed by atoms with E-state index in [0.29, 0.717) is 24.5 Å². The molecular formula is C11H15N3O4S. The van der Waals surface area contributed by atoms with Gasteiger partial charge in [0.25, 0.3) is 0 Å². The van der Waals surface area contributed by atoms with Crippen molar-refractivity contribution in [1.82, 2.24) is 15.2 Å². The lowest BCUT2D eigenvalue weighted by Gasteiger charge is -2.19. The number of urea groups is 1. The lowest BCUT2D eigenvalue weighted by Crippen LogP contribution is -2.40. The standard InChI is InChI=1S/C11H15N3O4S/c1-6(9-13-8(5-19-9)10(16)17)12-11(18)14-3-2-7(15)4-14/h5-7,15H,2-4H2,1H3,(H,12,18)(H,16,17). The van der Waals surface area contributed by atoms with E-state index in [1.807, 2.05) is 0 Å². The number of carbonyl (C=O) groups excluding carboxylic acids is 1. The summed E-state index contributed by atoms with van der Waals surface area (Å²) in [5, 5.41) is 22.9. The number of amides is 2. The number of thiazole rings is 1. The molecule has 0 radical (unpaired) electrons. The van der Waals surface area contributed by atoms with Crippen LogP contribution in [0.15, 0.2) is 5.38 Å². The highest BCUT2D eigenvalue weighted by molar-refractivity contribution is 7.09. The highest BCUT2D eigenvalue weighted by atomic mass is 32.1. The topological polar surface area (TPSA) is 103 Å². The molecule has 2 amide bonds. The molecule has 0 spiro atoms. The Labute approximate surface area is 113 Å². The summed E-state index contributed by atoms with van der Waals surface area (Å²) in [5.74, 6) is -1.08. The number of likely N-dealkylation sites (tertiary alicyclic amines) is 1. The summed E-state index contributed by atoms with van der Waals surface area (Å²) in [6.45, 7) is 2.60.